The zero-order valence-electron chi connectivity index (χ0n) is 11.0. The Balaban J connectivity index is 2.98. The number of hydrogen-bond acceptors (Lipinski definition) is 5. The van der Waals surface area contributed by atoms with Crippen molar-refractivity contribution in [2.45, 2.75) is 25.9 Å². The van der Waals surface area contributed by atoms with Crippen molar-refractivity contribution in [1.29, 1.82) is 0 Å². The van der Waals surface area contributed by atoms with Crippen LogP contribution in [0.15, 0.2) is 0 Å². The van der Waals surface area contributed by atoms with E-state index >= 15 is 0 Å². The third-order valence-corrected chi connectivity index (χ3v) is 2.11. The summed E-state index contributed by atoms with van der Waals surface area (Å²) in [5.41, 5.74) is 0. The second kappa shape index (κ2) is 13.9. The summed E-state index contributed by atoms with van der Waals surface area (Å²) < 4.78 is 20.6. The maximum Gasteiger partial charge on any atom is 0.0773 e. The average molecular weight is 250 g/mol. The fourth-order valence-electron chi connectivity index (χ4n) is 1.22. The molecule has 0 amide bonds. The largest absolute Gasteiger partial charge is 0.391 e. The molecule has 0 bridgehead atoms. The van der Waals surface area contributed by atoms with Gasteiger partial charge in [0, 0.05) is 7.11 Å². The molecular weight excluding hydrogens is 224 g/mol. The van der Waals surface area contributed by atoms with Crippen LogP contribution in [0.25, 0.3) is 0 Å². The molecule has 0 spiro atoms. The minimum Gasteiger partial charge on any atom is -0.391 e. The summed E-state index contributed by atoms with van der Waals surface area (Å²) in [6.07, 6.45) is 1.41. The van der Waals surface area contributed by atoms with Gasteiger partial charge in [-0.25, -0.2) is 0 Å². The van der Waals surface area contributed by atoms with Crippen molar-refractivity contribution in [3.8, 4) is 0 Å². The second-order valence-corrected chi connectivity index (χ2v) is 3.73. The van der Waals surface area contributed by atoms with Crippen LogP contribution in [0.5, 0.6) is 0 Å². The molecule has 0 aliphatic heterocycles. The van der Waals surface area contributed by atoms with E-state index in [0.29, 0.717) is 46.2 Å². The zero-order chi connectivity index (χ0) is 12.8. The van der Waals surface area contributed by atoms with Crippen molar-refractivity contribution in [3.05, 3.63) is 0 Å². The van der Waals surface area contributed by atoms with Gasteiger partial charge in [0.1, 0.15) is 0 Å². The van der Waals surface area contributed by atoms with Crippen molar-refractivity contribution < 1.29 is 24.1 Å². The van der Waals surface area contributed by atoms with Crippen LogP contribution in [0.3, 0.4) is 0 Å². The summed E-state index contributed by atoms with van der Waals surface area (Å²) >= 11 is 0. The van der Waals surface area contributed by atoms with Crippen LogP contribution in [-0.4, -0.2) is 64.6 Å². The summed E-state index contributed by atoms with van der Waals surface area (Å²) in [4.78, 5) is 0. The van der Waals surface area contributed by atoms with E-state index in [1.165, 1.54) is 0 Å². The van der Waals surface area contributed by atoms with Gasteiger partial charge in [0.25, 0.3) is 0 Å². The van der Waals surface area contributed by atoms with E-state index in [2.05, 4.69) is 0 Å². The highest BCUT2D eigenvalue weighted by Gasteiger charge is 2.01. The number of ether oxygens (including phenoxy) is 4. The second-order valence-electron chi connectivity index (χ2n) is 3.73. The van der Waals surface area contributed by atoms with Crippen LogP contribution < -0.4 is 0 Å². The Hall–Kier alpha value is -0.200. The van der Waals surface area contributed by atoms with Gasteiger partial charge in [-0.15, -0.1) is 0 Å². The summed E-state index contributed by atoms with van der Waals surface area (Å²) in [6.45, 7) is 5.81. The minimum absolute atomic E-state index is 0.350. The van der Waals surface area contributed by atoms with Crippen molar-refractivity contribution in [2.75, 3.05) is 53.4 Å². The van der Waals surface area contributed by atoms with Crippen molar-refractivity contribution >= 4 is 0 Å². The lowest BCUT2D eigenvalue weighted by molar-refractivity contribution is -0.0156. The summed E-state index contributed by atoms with van der Waals surface area (Å²) in [6, 6.07) is 0. The molecule has 0 aromatic carbocycles. The number of aliphatic hydroxyl groups excluding tert-OH is 1. The van der Waals surface area contributed by atoms with Crippen molar-refractivity contribution in [1.82, 2.24) is 0 Å². The van der Waals surface area contributed by atoms with Gasteiger partial charge in [0.15, 0.2) is 0 Å². The van der Waals surface area contributed by atoms with Crippen molar-refractivity contribution in [2.24, 2.45) is 0 Å². The minimum atomic E-state index is -0.350. The first kappa shape index (κ1) is 16.8. The number of aliphatic hydroxyl groups is 1. The third kappa shape index (κ3) is 13.7. The highest BCUT2D eigenvalue weighted by molar-refractivity contribution is 4.51. The molecule has 0 aliphatic carbocycles. The summed E-state index contributed by atoms with van der Waals surface area (Å²) in [5, 5.41) is 9.37. The maximum atomic E-state index is 9.37. The SMILES string of the molecule is CCCC(O)COCCOCCOCCOC. The Morgan fingerprint density at radius 3 is 1.94 bits per heavy atom. The Morgan fingerprint density at radius 1 is 0.882 bits per heavy atom. The van der Waals surface area contributed by atoms with Gasteiger partial charge in [0.2, 0.25) is 0 Å². The van der Waals surface area contributed by atoms with Gasteiger partial charge in [-0.05, 0) is 6.42 Å². The molecule has 17 heavy (non-hydrogen) atoms. The molecule has 0 rings (SSSR count). The van der Waals surface area contributed by atoms with Gasteiger partial charge in [-0.1, -0.05) is 13.3 Å². The molecule has 5 heteroatoms. The Morgan fingerprint density at radius 2 is 1.41 bits per heavy atom. The van der Waals surface area contributed by atoms with Gasteiger partial charge in [-0.3, -0.25) is 0 Å². The fraction of sp³-hybridized carbons (Fsp3) is 1.00. The average Bonchev–Trinajstić information content (AvgIpc) is 2.32. The first-order chi connectivity index (χ1) is 8.31. The quantitative estimate of drug-likeness (QED) is 0.491. The van der Waals surface area contributed by atoms with E-state index in [4.69, 9.17) is 18.9 Å². The van der Waals surface area contributed by atoms with Crippen LogP contribution in [0.4, 0.5) is 0 Å². The lowest BCUT2D eigenvalue weighted by Crippen LogP contribution is -2.17. The first-order valence-electron chi connectivity index (χ1n) is 6.21. The number of rotatable bonds is 13. The van der Waals surface area contributed by atoms with Gasteiger partial charge in [0.05, 0.1) is 52.4 Å². The first-order valence-corrected chi connectivity index (χ1v) is 6.21. The van der Waals surface area contributed by atoms with Crippen LogP contribution in [0.2, 0.25) is 0 Å². The lowest BCUT2D eigenvalue weighted by Gasteiger charge is -2.10. The molecule has 0 fully saturated rings. The number of methoxy groups -OCH3 is 1. The normalized spacial score (nSPS) is 12.9. The molecule has 0 saturated carbocycles. The standard InChI is InChI=1S/C12H26O5/c1-3-4-12(13)11-17-10-9-16-8-7-15-6-5-14-2/h12-13H,3-11H2,1-2H3. The Bertz CT molecular complexity index is 143. The van der Waals surface area contributed by atoms with E-state index in [9.17, 15) is 5.11 Å². The molecule has 1 atom stereocenters. The van der Waals surface area contributed by atoms with E-state index < -0.39 is 0 Å². The predicted octanol–water partition coefficient (Wildman–Crippen LogP) is 0.844. The van der Waals surface area contributed by atoms with Crippen molar-refractivity contribution in [3.63, 3.8) is 0 Å². The van der Waals surface area contributed by atoms with Gasteiger partial charge >= 0.3 is 0 Å². The maximum absolute atomic E-state index is 9.37. The molecule has 0 saturated heterocycles. The molecule has 5 nitrogen and oxygen atoms in total. The molecule has 0 aliphatic rings. The zero-order valence-corrected chi connectivity index (χ0v) is 11.0. The van der Waals surface area contributed by atoms with Crippen LogP contribution in [0, 0.1) is 0 Å². The molecule has 1 N–H and O–H groups in total. The topological polar surface area (TPSA) is 57.2 Å². The Kier molecular flexibility index (Phi) is 13.7. The van der Waals surface area contributed by atoms with E-state index in [0.717, 1.165) is 12.8 Å². The monoisotopic (exact) mass is 250 g/mol. The molecular formula is C12H26O5. The lowest BCUT2D eigenvalue weighted by atomic mass is 10.2. The molecule has 0 radical (unpaired) electrons. The summed E-state index contributed by atoms with van der Waals surface area (Å²) in [5.74, 6) is 0. The van der Waals surface area contributed by atoms with Gasteiger partial charge in [-0.2, -0.15) is 0 Å². The summed E-state index contributed by atoms with van der Waals surface area (Å²) in [7, 11) is 1.64. The third-order valence-electron chi connectivity index (χ3n) is 2.11. The highest BCUT2D eigenvalue weighted by Crippen LogP contribution is 1.96. The van der Waals surface area contributed by atoms with E-state index in [-0.39, 0.29) is 6.10 Å². The molecule has 104 valence electrons. The van der Waals surface area contributed by atoms with E-state index in [1.807, 2.05) is 6.92 Å². The van der Waals surface area contributed by atoms with E-state index in [1.54, 1.807) is 7.11 Å². The predicted molar refractivity (Wildman–Crippen MR) is 65.2 cm³/mol. The molecule has 1 unspecified atom stereocenters. The molecule has 0 heterocycles. The van der Waals surface area contributed by atoms with Crippen LogP contribution in [0.1, 0.15) is 19.8 Å². The van der Waals surface area contributed by atoms with Gasteiger partial charge < -0.3 is 24.1 Å². The molecule has 0 aromatic heterocycles. The smallest absolute Gasteiger partial charge is 0.0773 e. The van der Waals surface area contributed by atoms with Crippen LogP contribution >= 0.6 is 0 Å². The highest BCUT2D eigenvalue weighted by atomic mass is 16.6. The Labute approximate surface area is 104 Å². The number of hydrogen-bond donors (Lipinski definition) is 1. The fourth-order valence-corrected chi connectivity index (χ4v) is 1.22. The van der Waals surface area contributed by atoms with Crippen LogP contribution in [-0.2, 0) is 18.9 Å². The molecule has 0 aromatic rings.